The zero-order valence-electron chi connectivity index (χ0n) is 12.8. The van der Waals surface area contributed by atoms with Crippen LogP contribution in [0.5, 0.6) is 0 Å². The van der Waals surface area contributed by atoms with E-state index in [-0.39, 0.29) is 11.8 Å². The molecule has 3 rings (SSSR count). The number of carbonyl (C=O) groups excluding carboxylic acids is 1. The molecule has 0 aliphatic carbocycles. The summed E-state index contributed by atoms with van der Waals surface area (Å²) < 4.78 is 5.21. The van der Waals surface area contributed by atoms with Crippen molar-refractivity contribution in [2.75, 3.05) is 32.8 Å². The number of carbonyl (C=O) groups is 1. The van der Waals surface area contributed by atoms with Crippen molar-refractivity contribution in [2.45, 2.75) is 25.5 Å². The summed E-state index contributed by atoms with van der Waals surface area (Å²) in [6.07, 6.45) is 1.27. The third-order valence-corrected chi connectivity index (χ3v) is 4.49. The van der Waals surface area contributed by atoms with Crippen LogP contribution in [0, 0.1) is 5.92 Å². The molecule has 1 fully saturated rings. The Balaban J connectivity index is 1.42. The zero-order valence-corrected chi connectivity index (χ0v) is 12.8. The maximum atomic E-state index is 11.9. The zero-order chi connectivity index (χ0) is 15.4. The summed E-state index contributed by atoms with van der Waals surface area (Å²) >= 11 is 0. The van der Waals surface area contributed by atoms with Crippen LogP contribution in [0.4, 0.5) is 0 Å². The second kappa shape index (κ2) is 7.22. The lowest BCUT2D eigenvalue weighted by molar-refractivity contribution is -0.125. The van der Waals surface area contributed by atoms with Crippen molar-refractivity contribution >= 4 is 5.91 Å². The van der Waals surface area contributed by atoms with Gasteiger partial charge >= 0.3 is 0 Å². The Bertz CT molecular complexity index is 514. The molecule has 22 heavy (non-hydrogen) atoms. The number of β-amino-alcohol motifs (C(OH)–C–C–N with tert-alkyl or cyclic N) is 1. The Kier molecular flexibility index (Phi) is 5.08. The van der Waals surface area contributed by atoms with Gasteiger partial charge in [0.2, 0.25) is 5.91 Å². The van der Waals surface area contributed by atoms with Crippen LogP contribution in [0.2, 0.25) is 0 Å². The van der Waals surface area contributed by atoms with Gasteiger partial charge in [-0.1, -0.05) is 24.3 Å². The van der Waals surface area contributed by atoms with Crippen LogP contribution in [-0.4, -0.2) is 54.9 Å². The van der Waals surface area contributed by atoms with Crippen LogP contribution in [-0.2, 0) is 22.5 Å². The van der Waals surface area contributed by atoms with Gasteiger partial charge in [-0.3, -0.25) is 9.69 Å². The molecule has 0 spiro atoms. The number of rotatable bonds is 5. The van der Waals surface area contributed by atoms with Crippen LogP contribution in [0.3, 0.4) is 0 Å². The number of nitrogens with one attached hydrogen (secondary N) is 1. The first-order valence-electron chi connectivity index (χ1n) is 8.05. The highest BCUT2D eigenvalue weighted by Crippen LogP contribution is 2.18. The summed E-state index contributed by atoms with van der Waals surface area (Å²) in [6.45, 7) is 3.90. The van der Waals surface area contributed by atoms with Gasteiger partial charge in [0, 0.05) is 32.8 Å². The van der Waals surface area contributed by atoms with Gasteiger partial charge in [-0.25, -0.2) is 0 Å². The molecule has 0 saturated carbocycles. The first kappa shape index (κ1) is 15.5. The van der Waals surface area contributed by atoms with Gasteiger partial charge in [-0.05, 0) is 24.0 Å². The Morgan fingerprint density at radius 1 is 1.41 bits per heavy atom. The summed E-state index contributed by atoms with van der Waals surface area (Å²) in [5.41, 5.74) is 2.75. The number of aliphatic hydroxyl groups excluding tert-OH is 1. The molecule has 1 saturated heterocycles. The monoisotopic (exact) mass is 304 g/mol. The molecular weight excluding hydrogens is 280 g/mol. The first-order valence-corrected chi connectivity index (χ1v) is 8.05. The minimum atomic E-state index is -0.531. The number of ether oxygens (including phenoxy) is 1. The molecule has 5 heteroatoms. The molecule has 2 aliphatic rings. The van der Waals surface area contributed by atoms with E-state index >= 15 is 0 Å². The van der Waals surface area contributed by atoms with Gasteiger partial charge in [0.15, 0.2) is 0 Å². The van der Waals surface area contributed by atoms with Crippen molar-refractivity contribution in [3.05, 3.63) is 35.4 Å². The van der Waals surface area contributed by atoms with Gasteiger partial charge in [0.1, 0.15) is 0 Å². The Morgan fingerprint density at radius 2 is 2.23 bits per heavy atom. The SMILES string of the molecule is O=C(NCC(O)CN1CCc2ccccc2C1)C1CCOC1. The van der Waals surface area contributed by atoms with E-state index in [1.165, 1.54) is 11.1 Å². The molecule has 0 bridgehead atoms. The number of amides is 1. The van der Waals surface area contributed by atoms with Crippen molar-refractivity contribution in [3.8, 4) is 0 Å². The van der Waals surface area contributed by atoms with E-state index in [0.29, 0.717) is 26.3 Å². The van der Waals surface area contributed by atoms with Crippen LogP contribution in [0.1, 0.15) is 17.5 Å². The summed E-state index contributed by atoms with van der Waals surface area (Å²) in [7, 11) is 0. The maximum absolute atomic E-state index is 11.9. The molecule has 2 aliphatic heterocycles. The Hall–Kier alpha value is -1.43. The standard InChI is InChI=1S/C17H24N2O3/c20-16(9-18-17(21)15-6-8-22-12-15)11-19-7-5-13-3-1-2-4-14(13)10-19/h1-4,15-16,20H,5-12H2,(H,18,21). The van der Waals surface area contributed by atoms with Gasteiger partial charge < -0.3 is 15.2 Å². The topological polar surface area (TPSA) is 61.8 Å². The highest BCUT2D eigenvalue weighted by atomic mass is 16.5. The fourth-order valence-electron chi connectivity index (χ4n) is 3.18. The van der Waals surface area contributed by atoms with E-state index in [2.05, 4.69) is 34.5 Å². The van der Waals surface area contributed by atoms with Crippen LogP contribution < -0.4 is 5.32 Å². The van der Waals surface area contributed by atoms with Gasteiger partial charge in [0.05, 0.1) is 18.6 Å². The molecule has 5 nitrogen and oxygen atoms in total. The van der Waals surface area contributed by atoms with Gasteiger partial charge in [0.25, 0.3) is 0 Å². The highest BCUT2D eigenvalue weighted by Gasteiger charge is 2.24. The average Bonchev–Trinajstić information content (AvgIpc) is 3.07. The van der Waals surface area contributed by atoms with E-state index in [4.69, 9.17) is 4.74 Å². The molecule has 1 amide bonds. The fraction of sp³-hybridized carbons (Fsp3) is 0.588. The summed E-state index contributed by atoms with van der Waals surface area (Å²) in [5, 5.41) is 13.0. The fourth-order valence-corrected chi connectivity index (χ4v) is 3.18. The summed E-state index contributed by atoms with van der Waals surface area (Å²) in [5.74, 6) is -0.0467. The molecule has 2 atom stereocenters. The quantitative estimate of drug-likeness (QED) is 0.834. The van der Waals surface area contributed by atoms with Crippen molar-refractivity contribution in [3.63, 3.8) is 0 Å². The number of aliphatic hydroxyl groups is 1. The normalized spacial score (nSPS) is 23.0. The molecule has 1 aromatic rings. The molecule has 1 aromatic carbocycles. The first-order chi connectivity index (χ1) is 10.7. The van der Waals surface area contributed by atoms with Gasteiger partial charge in [-0.15, -0.1) is 0 Å². The van der Waals surface area contributed by atoms with Crippen molar-refractivity contribution in [2.24, 2.45) is 5.92 Å². The van der Waals surface area contributed by atoms with Crippen molar-refractivity contribution < 1.29 is 14.6 Å². The largest absolute Gasteiger partial charge is 0.390 e. The maximum Gasteiger partial charge on any atom is 0.225 e. The van der Waals surface area contributed by atoms with Crippen molar-refractivity contribution in [1.82, 2.24) is 10.2 Å². The number of hydrogen-bond donors (Lipinski definition) is 2. The molecule has 0 radical (unpaired) electrons. The Labute approximate surface area is 131 Å². The van der Waals surface area contributed by atoms with Crippen LogP contribution in [0.15, 0.2) is 24.3 Å². The summed E-state index contributed by atoms with van der Waals surface area (Å²) in [4.78, 5) is 14.1. The van der Waals surface area contributed by atoms with Crippen LogP contribution >= 0.6 is 0 Å². The number of benzene rings is 1. The van der Waals surface area contributed by atoms with E-state index in [9.17, 15) is 9.90 Å². The third-order valence-electron chi connectivity index (χ3n) is 4.49. The minimum absolute atomic E-state index is 0.000500. The second-order valence-electron chi connectivity index (χ2n) is 6.21. The average molecular weight is 304 g/mol. The molecular formula is C17H24N2O3. The molecule has 2 unspecified atom stereocenters. The van der Waals surface area contributed by atoms with E-state index in [0.717, 1.165) is 25.9 Å². The summed E-state index contributed by atoms with van der Waals surface area (Å²) in [6, 6.07) is 8.46. The number of nitrogens with zero attached hydrogens (tertiary/aromatic N) is 1. The number of hydrogen-bond acceptors (Lipinski definition) is 4. The smallest absolute Gasteiger partial charge is 0.225 e. The lowest BCUT2D eigenvalue weighted by Crippen LogP contribution is -2.43. The van der Waals surface area contributed by atoms with Gasteiger partial charge in [-0.2, -0.15) is 0 Å². The lowest BCUT2D eigenvalue weighted by Gasteiger charge is -2.30. The molecule has 2 heterocycles. The highest BCUT2D eigenvalue weighted by molar-refractivity contribution is 5.78. The molecule has 2 N–H and O–H groups in total. The van der Waals surface area contributed by atoms with E-state index < -0.39 is 6.10 Å². The van der Waals surface area contributed by atoms with E-state index in [1.807, 2.05) is 0 Å². The molecule has 120 valence electrons. The molecule has 0 aromatic heterocycles. The van der Waals surface area contributed by atoms with Crippen LogP contribution in [0.25, 0.3) is 0 Å². The lowest BCUT2D eigenvalue weighted by atomic mass is 10.00. The second-order valence-corrected chi connectivity index (χ2v) is 6.21. The third kappa shape index (κ3) is 3.85. The Morgan fingerprint density at radius 3 is 3.00 bits per heavy atom. The number of fused-ring (bicyclic) bond motifs is 1. The predicted molar refractivity (Wildman–Crippen MR) is 83.4 cm³/mol. The van der Waals surface area contributed by atoms with E-state index in [1.54, 1.807) is 0 Å². The predicted octanol–water partition coefficient (Wildman–Crippen LogP) is 0.558. The minimum Gasteiger partial charge on any atom is -0.390 e. The van der Waals surface area contributed by atoms with Crippen molar-refractivity contribution in [1.29, 1.82) is 0 Å².